The molecule has 3 heteroatoms. The molecule has 1 amide bonds. The Morgan fingerprint density at radius 3 is 2.67 bits per heavy atom. The number of carbonyl (C=O) groups is 1. The standard InChI is InChI=1S/C9H15NO2/c1-4-8(11)10(3)5-9(2)6-12-7-9/h4H,1,5-7H2,2-3H3. The molecule has 1 aliphatic heterocycles. The smallest absolute Gasteiger partial charge is 0.245 e. The largest absolute Gasteiger partial charge is 0.380 e. The summed E-state index contributed by atoms with van der Waals surface area (Å²) in [6, 6.07) is 0. The van der Waals surface area contributed by atoms with E-state index < -0.39 is 0 Å². The van der Waals surface area contributed by atoms with Gasteiger partial charge in [-0.15, -0.1) is 0 Å². The van der Waals surface area contributed by atoms with Crippen LogP contribution in [0.3, 0.4) is 0 Å². The Labute approximate surface area is 73.0 Å². The number of hydrogen-bond acceptors (Lipinski definition) is 2. The van der Waals surface area contributed by atoms with Crippen LogP contribution in [-0.2, 0) is 9.53 Å². The average Bonchev–Trinajstić information content (AvgIpc) is 2.00. The number of ether oxygens (including phenoxy) is 1. The predicted molar refractivity (Wildman–Crippen MR) is 46.8 cm³/mol. The quantitative estimate of drug-likeness (QED) is 0.581. The first-order chi connectivity index (χ1) is 5.57. The lowest BCUT2D eigenvalue weighted by Crippen LogP contribution is -2.48. The van der Waals surface area contributed by atoms with E-state index in [0.29, 0.717) is 0 Å². The van der Waals surface area contributed by atoms with Gasteiger partial charge < -0.3 is 9.64 Å². The highest BCUT2D eigenvalue weighted by molar-refractivity contribution is 5.86. The van der Waals surface area contributed by atoms with Gasteiger partial charge in [-0.05, 0) is 6.08 Å². The first-order valence-electron chi connectivity index (χ1n) is 4.03. The van der Waals surface area contributed by atoms with Gasteiger partial charge in [-0.1, -0.05) is 13.5 Å². The minimum Gasteiger partial charge on any atom is -0.380 e. The van der Waals surface area contributed by atoms with Crippen molar-refractivity contribution in [2.75, 3.05) is 26.8 Å². The molecule has 1 rings (SSSR count). The zero-order valence-corrected chi connectivity index (χ0v) is 7.67. The summed E-state index contributed by atoms with van der Waals surface area (Å²) in [5, 5.41) is 0. The lowest BCUT2D eigenvalue weighted by atomic mass is 9.88. The van der Waals surface area contributed by atoms with Crippen LogP contribution in [0.25, 0.3) is 0 Å². The van der Waals surface area contributed by atoms with Crippen LogP contribution in [0.5, 0.6) is 0 Å². The Hall–Kier alpha value is -0.830. The molecule has 12 heavy (non-hydrogen) atoms. The molecule has 0 atom stereocenters. The van der Waals surface area contributed by atoms with Crippen molar-refractivity contribution in [3.8, 4) is 0 Å². The van der Waals surface area contributed by atoms with Crippen LogP contribution in [0.2, 0.25) is 0 Å². The van der Waals surface area contributed by atoms with Crippen molar-refractivity contribution in [2.45, 2.75) is 6.92 Å². The third-order valence-electron chi connectivity index (χ3n) is 2.07. The maximum atomic E-state index is 11.1. The first-order valence-corrected chi connectivity index (χ1v) is 4.03. The Morgan fingerprint density at radius 2 is 2.33 bits per heavy atom. The van der Waals surface area contributed by atoms with E-state index >= 15 is 0 Å². The van der Waals surface area contributed by atoms with Crippen molar-refractivity contribution in [3.63, 3.8) is 0 Å². The molecule has 0 spiro atoms. The molecule has 0 aromatic rings. The Kier molecular flexibility index (Phi) is 2.52. The summed E-state index contributed by atoms with van der Waals surface area (Å²) in [6.07, 6.45) is 1.34. The van der Waals surface area contributed by atoms with E-state index in [-0.39, 0.29) is 11.3 Å². The molecular formula is C9H15NO2. The normalized spacial score (nSPS) is 19.5. The van der Waals surface area contributed by atoms with Crippen molar-refractivity contribution >= 4 is 5.91 Å². The van der Waals surface area contributed by atoms with Gasteiger partial charge >= 0.3 is 0 Å². The highest BCUT2D eigenvalue weighted by Gasteiger charge is 2.35. The molecule has 0 saturated carbocycles. The zero-order chi connectivity index (χ0) is 9.19. The molecule has 0 radical (unpaired) electrons. The van der Waals surface area contributed by atoms with Crippen LogP contribution >= 0.6 is 0 Å². The second-order valence-electron chi connectivity index (χ2n) is 3.70. The fraction of sp³-hybridized carbons (Fsp3) is 0.667. The van der Waals surface area contributed by atoms with Crippen molar-refractivity contribution in [2.24, 2.45) is 5.41 Å². The molecule has 0 aromatic carbocycles. The second kappa shape index (κ2) is 3.27. The minimum absolute atomic E-state index is 0.0249. The summed E-state index contributed by atoms with van der Waals surface area (Å²) in [4.78, 5) is 12.8. The van der Waals surface area contributed by atoms with Gasteiger partial charge in [-0.25, -0.2) is 0 Å². The predicted octanol–water partition coefficient (Wildman–Crippen LogP) is 0.667. The molecule has 0 aliphatic carbocycles. The van der Waals surface area contributed by atoms with Crippen LogP contribution in [0.4, 0.5) is 0 Å². The van der Waals surface area contributed by atoms with Gasteiger partial charge in [0, 0.05) is 19.0 Å². The number of likely N-dealkylation sites (N-methyl/N-ethyl adjacent to an activating group) is 1. The van der Waals surface area contributed by atoms with Gasteiger partial charge in [-0.3, -0.25) is 4.79 Å². The lowest BCUT2D eigenvalue weighted by molar-refractivity contribution is -0.137. The topological polar surface area (TPSA) is 29.5 Å². The monoisotopic (exact) mass is 169 g/mol. The SMILES string of the molecule is C=CC(=O)N(C)CC1(C)COC1. The average molecular weight is 169 g/mol. The van der Waals surface area contributed by atoms with Crippen LogP contribution in [0.15, 0.2) is 12.7 Å². The van der Waals surface area contributed by atoms with E-state index in [1.165, 1.54) is 6.08 Å². The van der Waals surface area contributed by atoms with Crippen molar-refractivity contribution in [1.29, 1.82) is 0 Å². The number of rotatable bonds is 3. The molecule has 0 aromatic heterocycles. The highest BCUT2D eigenvalue weighted by Crippen LogP contribution is 2.26. The van der Waals surface area contributed by atoms with Crippen molar-refractivity contribution < 1.29 is 9.53 Å². The number of amides is 1. The molecule has 1 aliphatic rings. The molecule has 1 heterocycles. The fourth-order valence-corrected chi connectivity index (χ4v) is 1.35. The third-order valence-corrected chi connectivity index (χ3v) is 2.07. The highest BCUT2D eigenvalue weighted by atomic mass is 16.5. The molecule has 0 N–H and O–H groups in total. The Morgan fingerprint density at radius 1 is 1.75 bits per heavy atom. The molecule has 0 bridgehead atoms. The van der Waals surface area contributed by atoms with Gasteiger partial charge in [0.05, 0.1) is 13.2 Å². The molecule has 0 unspecified atom stereocenters. The van der Waals surface area contributed by atoms with Crippen LogP contribution in [0.1, 0.15) is 6.92 Å². The molecule has 3 nitrogen and oxygen atoms in total. The summed E-state index contributed by atoms with van der Waals surface area (Å²) in [6.45, 7) is 7.80. The second-order valence-corrected chi connectivity index (χ2v) is 3.70. The molecular weight excluding hydrogens is 154 g/mol. The number of nitrogens with zero attached hydrogens (tertiary/aromatic N) is 1. The van der Waals surface area contributed by atoms with E-state index in [2.05, 4.69) is 13.5 Å². The minimum atomic E-state index is -0.0249. The summed E-state index contributed by atoms with van der Waals surface area (Å²) >= 11 is 0. The van der Waals surface area contributed by atoms with E-state index in [1.54, 1.807) is 11.9 Å². The van der Waals surface area contributed by atoms with Gasteiger partial charge in [0.1, 0.15) is 0 Å². The summed E-state index contributed by atoms with van der Waals surface area (Å²) in [5.74, 6) is -0.0249. The summed E-state index contributed by atoms with van der Waals surface area (Å²) < 4.78 is 5.09. The first kappa shape index (κ1) is 9.26. The van der Waals surface area contributed by atoms with Crippen LogP contribution in [-0.4, -0.2) is 37.6 Å². The van der Waals surface area contributed by atoms with Gasteiger partial charge in [0.25, 0.3) is 0 Å². The van der Waals surface area contributed by atoms with Crippen molar-refractivity contribution in [1.82, 2.24) is 4.90 Å². The third kappa shape index (κ3) is 1.85. The molecule has 1 saturated heterocycles. The van der Waals surface area contributed by atoms with E-state index in [1.807, 2.05) is 0 Å². The van der Waals surface area contributed by atoms with Crippen molar-refractivity contribution in [3.05, 3.63) is 12.7 Å². The van der Waals surface area contributed by atoms with Crippen LogP contribution < -0.4 is 0 Å². The van der Waals surface area contributed by atoms with E-state index in [9.17, 15) is 4.79 Å². The van der Waals surface area contributed by atoms with Gasteiger partial charge in [0.2, 0.25) is 5.91 Å². The number of hydrogen-bond donors (Lipinski definition) is 0. The van der Waals surface area contributed by atoms with Gasteiger partial charge in [-0.2, -0.15) is 0 Å². The van der Waals surface area contributed by atoms with E-state index in [4.69, 9.17) is 4.74 Å². The maximum absolute atomic E-state index is 11.1. The summed E-state index contributed by atoms with van der Waals surface area (Å²) in [5.41, 5.74) is 0.160. The van der Waals surface area contributed by atoms with Gasteiger partial charge in [0.15, 0.2) is 0 Å². The van der Waals surface area contributed by atoms with Crippen LogP contribution in [0, 0.1) is 5.41 Å². The zero-order valence-electron chi connectivity index (χ0n) is 7.67. The fourth-order valence-electron chi connectivity index (χ4n) is 1.35. The Balaban J connectivity index is 2.39. The Bertz CT molecular complexity index is 197. The number of carbonyl (C=O) groups excluding carboxylic acids is 1. The molecule has 68 valence electrons. The van der Waals surface area contributed by atoms with E-state index in [0.717, 1.165) is 19.8 Å². The maximum Gasteiger partial charge on any atom is 0.245 e. The molecule has 1 fully saturated rings. The summed E-state index contributed by atoms with van der Waals surface area (Å²) in [7, 11) is 1.79. The lowest BCUT2D eigenvalue weighted by Gasteiger charge is -2.40.